The summed E-state index contributed by atoms with van der Waals surface area (Å²) in [6.45, 7) is 8.91. The van der Waals surface area contributed by atoms with Gasteiger partial charge in [0.25, 0.3) is 0 Å². The van der Waals surface area contributed by atoms with Crippen molar-refractivity contribution in [3.63, 3.8) is 0 Å². The Labute approximate surface area is 116 Å². The van der Waals surface area contributed by atoms with Crippen molar-refractivity contribution in [3.8, 4) is 0 Å². The molecule has 1 aromatic heterocycles. The highest BCUT2D eigenvalue weighted by atomic mass is 15.2. The first-order chi connectivity index (χ1) is 8.88. The van der Waals surface area contributed by atoms with Crippen LogP contribution in [0.4, 0.5) is 5.82 Å². The molecule has 0 N–H and O–H groups in total. The lowest BCUT2D eigenvalue weighted by atomic mass is 9.92. The van der Waals surface area contributed by atoms with Gasteiger partial charge in [-0.05, 0) is 33.0 Å². The van der Waals surface area contributed by atoms with Crippen molar-refractivity contribution in [2.24, 2.45) is 0 Å². The van der Waals surface area contributed by atoms with Crippen molar-refractivity contribution in [2.45, 2.75) is 45.1 Å². The highest BCUT2D eigenvalue weighted by Gasteiger charge is 2.23. The Bertz CT molecular complexity index is 416. The van der Waals surface area contributed by atoms with Gasteiger partial charge in [-0.2, -0.15) is 0 Å². The van der Waals surface area contributed by atoms with Gasteiger partial charge >= 0.3 is 0 Å². The van der Waals surface area contributed by atoms with E-state index in [9.17, 15) is 0 Å². The predicted molar refractivity (Wildman–Crippen MR) is 79.7 cm³/mol. The van der Waals surface area contributed by atoms with E-state index in [4.69, 9.17) is 0 Å². The van der Waals surface area contributed by atoms with Gasteiger partial charge in [0.15, 0.2) is 0 Å². The molecule has 4 heteroatoms. The third kappa shape index (κ3) is 3.44. The zero-order valence-electron chi connectivity index (χ0n) is 12.8. The van der Waals surface area contributed by atoms with E-state index in [-0.39, 0.29) is 5.41 Å². The lowest BCUT2D eigenvalue weighted by Gasteiger charge is -2.36. The van der Waals surface area contributed by atoms with Crippen LogP contribution in [0.3, 0.4) is 0 Å². The highest BCUT2D eigenvalue weighted by Crippen LogP contribution is 2.25. The maximum absolute atomic E-state index is 4.45. The molecule has 1 aromatic rings. The predicted octanol–water partition coefficient (Wildman–Crippen LogP) is 2.30. The summed E-state index contributed by atoms with van der Waals surface area (Å²) in [7, 11) is 4.35. The minimum Gasteiger partial charge on any atom is -0.356 e. The van der Waals surface area contributed by atoms with Crippen LogP contribution in [0, 0.1) is 0 Å². The zero-order chi connectivity index (χ0) is 14.0. The van der Waals surface area contributed by atoms with Crippen LogP contribution in [-0.2, 0) is 5.41 Å². The number of hydrogen-bond donors (Lipinski definition) is 0. The van der Waals surface area contributed by atoms with Crippen LogP contribution in [-0.4, -0.2) is 48.1 Å². The molecule has 2 heterocycles. The van der Waals surface area contributed by atoms with E-state index in [0.717, 1.165) is 11.5 Å². The fourth-order valence-electron chi connectivity index (χ4n) is 2.52. The van der Waals surface area contributed by atoms with Crippen LogP contribution in [0.1, 0.15) is 39.3 Å². The number of likely N-dealkylation sites (tertiary alicyclic amines) is 1. The Hall–Kier alpha value is -1.16. The van der Waals surface area contributed by atoms with Gasteiger partial charge < -0.3 is 9.80 Å². The van der Waals surface area contributed by atoms with Crippen molar-refractivity contribution in [3.05, 3.63) is 18.1 Å². The van der Waals surface area contributed by atoms with E-state index < -0.39 is 0 Å². The Kier molecular flexibility index (Phi) is 4.09. The molecule has 1 aliphatic rings. The van der Waals surface area contributed by atoms with Gasteiger partial charge in [0.05, 0.1) is 5.69 Å². The first kappa shape index (κ1) is 14.3. The maximum Gasteiger partial charge on any atom is 0.132 e. The molecule has 1 fully saturated rings. The second-order valence-corrected chi connectivity index (χ2v) is 6.66. The number of hydrogen-bond acceptors (Lipinski definition) is 4. The Morgan fingerprint density at radius 2 is 1.84 bits per heavy atom. The smallest absolute Gasteiger partial charge is 0.132 e. The normalized spacial score (nSPS) is 18.6. The third-order valence-corrected chi connectivity index (χ3v) is 4.02. The van der Waals surface area contributed by atoms with Crippen LogP contribution >= 0.6 is 0 Å². The molecule has 0 atom stereocenters. The van der Waals surface area contributed by atoms with Gasteiger partial charge in [-0.15, -0.1) is 0 Å². The topological polar surface area (TPSA) is 32.3 Å². The molecule has 1 saturated heterocycles. The van der Waals surface area contributed by atoms with E-state index >= 15 is 0 Å². The Balaban J connectivity index is 2.13. The summed E-state index contributed by atoms with van der Waals surface area (Å²) in [5, 5.41) is 0. The van der Waals surface area contributed by atoms with Crippen LogP contribution in [0.5, 0.6) is 0 Å². The lowest BCUT2D eigenvalue weighted by molar-refractivity contribution is 0.252. The number of piperidine rings is 1. The molecule has 0 aliphatic carbocycles. The summed E-state index contributed by atoms with van der Waals surface area (Å²) in [6.07, 6.45) is 4.12. The fraction of sp³-hybridized carbons (Fsp3) is 0.733. The van der Waals surface area contributed by atoms with E-state index in [1.807, 2.05) is 0 Å². The van der Waals surface area contributed by atoms with Crippen molar-refractivity contribution in [1.82, 2.24) is 14.9 Å². The quantitative estimate of drug-likeness (QED) is 0.818. The molecule has 0 spiro atoms. The molecular weight excluding hydrogens is 236 g/mol. The SMILES string of the molecule is CN1CCC(N(C)c2cc(C(C)(C)C)ncn2)CC1. The molecule has 0 radical (unpaired) electrons. The van der Waals surface area contributed by atoms with Crippen molar-refractivity contribution >= 4 is 5.82 Å². The van der Waals surface area contributed by atoms with Gasteiger partial charge in [-0.1, -0.05) is 20.8 Å². The van der Waals surface area contributed by atoms with Crippen LogP contribution in [0.25, 0.3) is 0 Å². The molecule has 106 valence electrons. The van der Waals surface area contributed by atoms with Gasteiger partial charge in [-0.25, -0.2) is 9.97 Å². The van der Waals surface area contributed by atoms with Gasteiger partial charge in [0, 0.05) is 24.6 Å². The van der Waals surface area contributed by atoms with E-state index in [1.54, 1.807) is 6.33 Å². The second kappa shape index (κ2) is 5.45. The first-order valence-electron chi connectivity index (χ1n) is 7.12. The summed E-state index contributed by atoms with van der Waals surface area (Å²) < 4.78 is 0. The summed E-state index contributed by atoms with van der Waals surface area (Å²) >= 11 is 0. The van der Waals surface area contributed by atoms with Crippen LogP contribution in [0.2, 0.25) is 0 Å². The molecular formula is C15H26N4. The lowest BCUT2D eigenvalue weighted by Crippen LogP contribution is -2.42. The maximum atomic E-state index is 4.45. The molecule has 4 nitrogen and oxygen atoms in total. The average molecular weight is 262 g/mol. The fourth-order valence-corrected chi connectivity index (χ4v) is 2.52. The molecule has 1 aliphatic heterocycles. The molecule has 0 amide bonds. The van der Waals surface area contributed by atoms with Crippen LogP contribution < -0.4 is 4.90 Å². The average Bonchev–Trinajstić information content (AvgIpc) is 2.38. The van der Waals surface area contributed by atoms with E-state index in [2.05, 4.69) is 60.7 Å². The molecule has 0 bridgehead atoms. The minimum atomic E-state index is 0.0747. The van der Waals surface area contributed by atoms with E-state index in [1.165, 1.54) is 25.9 Å². The summed E-state index contributed by atoms with van der Waals surface area (Å²) in [6, 6.07) is 2.73. The summed E-state index contributed by atoms with van der Waals surface area (Å²) in [4.78, 5) is 13.6. The van der Waals surface area contributed by atoms with Crippen molar-refractivity contribution in [2.75, 3.05) is 32.1 Å². The summed E-state index contributed by atoms with van der Waals surface area (Å²) in [5.41, 5.74) is 1.18. The van der Waals surface area contributed by atoms with Gasteiger partial charge in [0.1, 0.15) is 12.1 Å². The number of anilines is 1. The largest absolute Gasteiger partial charge is 0.356 e. The zero-order valence-corrected chi connectivity index (χ0v) is 12.8. The Morgan fingerprint density at radius 1 is 1.21 bits per heavy atom. The number of aromatic nitrogens is 2. The van der Waals surface area contributed by atoms with Crippen molar-refractivity contribution < 1.29 is 0 Å². The Morgan fingerprint density at radius 3 is 2.42 bits per heavy atom. The van der Waals surface area contributed by atoms with Crippen molar-refractivity contribution in [1.29, 1.82) is 0 Å². The number of nitrogens with zero attached hydrogens (tertiary/aromatic N) is 4. The van der Waals surface area contributed by atoms with Gasteiger partial charge in [0.2, 0.25) is 0 Å². The minimum absolute atomic E-state index is 0.0747. The first-order valence-corrected chi connectivity index (χ1v) is 7.12. The molecule has 0 saturated carbocycles. The van der Waals surface area contributed by atoms with Crippen LogP contribution in [0.15, 0.2) is 12.4 Å². The molecule has 0 aromatic carbocycles. The third-order valence-electron chi connectivity index (χ3n) is 4.02. The highest BCUT2D eigenvalue weighted by molar-refractivity contribution is 5.40. The second-order valence-electron chi connectivity index (χ2n) is 6.66. The molecule has 2 rings (SSSR count). The van der Waals surface area contributed by atoms with E-state index in [0.29, 0.717) is 6.04 Å². The monoisotopic (exact) mass is 262 g/mol. The summed E-state index contributed by atoms with van der Waals surface area (Å²) in [5.74, 6) is 1.05. The molecule has 19 heavy (non-hydrogen) atoms. The van der Waals surface area contributed by atoms with Gasteiger partial charge in [-0.3, -0.25) is 0 Å². The standard InChI is InChI=1S/C15H26N4/c1-15(2,3)13-10-14(17-11-16-13)19(5)12-6-8-18(4)9-7-12/h10-12H,6-9H2,1-5H3. The number of rotatable bonds is 2. The molecule has 0 unspecified atom stereocenters.